The van der Waals surface area contributed by atoms with Crippen molar-refractivity contribution in [2.45, 2.75) is 19.9 Å². The number of carbonyl (C=O) groups is 1. The third-order valence-electron chi connectivity index (χ3n) is 1.86. The molecule has 0 saturated heterocycles. The topological polar surface area (TPSA) is 90.1 Å². The average Bonchev–Trinajstić information content (AvgIpc) is 2.61. The second-order valence-corrected chi connectivity index (χ2v) is 3.26. The van der Waals surface area contributed by atoms with Crippen LogP contribution in [0.15, 0.2) is 6.07 Å². The molecule has 82 valence electrons. The van der Waals surface area contributed by atoms with Gasteiger partial charge in [-0.15, -0.1) is 0 Å². The highest BCUT2D eigenvalue weighted by molar-refractivity contribution is 5.92. The predicted octanol–water partition coefficient (Wildman–Crippen LogP) is 0.732. The van der Waals surface area contributed by atoms with Crippen molar-refractivity contribution in [2.75, 3.05) is 7.05 Å². The lowest BCUT2D eigenvalue weighted by Gasteiger charge is -2.04. The second kappa shape index (κ2) is 4.07. The van der Waals surface area contributed by atoms with Crippen LogP contribution in [0.4, 0.5) is 5.82 Å². The standard InChI is InChI=1S/C8H12N4O3/c1-5(2)11-6(8(13)9-3)4-7(10-11)12(14)15/h4-5H,1-3H3,(H,9,13). The molecule has 1 aromatic heterocycles. The molecule has 1 N–H and O–H groups in total. The molecule has 0 fully saturated rings. The number of carbonyl (C=O) groups excluding carboxylic acids is 1. The van der Waals surface area contributed by atoms with Gasteiger partial charge in [0, 0.05) is 7.05 Å². The van der Waals surface area contributed by atoms with Crippen LogP contribution in [0.2, 0.25) is 0 Å². The van der Waals surface area contributed by atoms with Gasteiger partial charge in [0.25, 0.3) is 5.91 Å². The highest BCUT2D eigenvalue weighted by atomic mass is 16.6. The van der Waals surface area contributed by atoms with E-state index in [1.54, 1.807) is 13.8 Å². The van der Waals surface area contributed by atoms with Gasteiger partial charge in [-0.05, 0) is 18.8 Å². The maximum atomic E-state index is 11.4. The van der Waals surface area contributed by atoms with E-state index in [-0.39, 0.29) is 23.5 Å². The zero-order chi connectivity index (χ0) is 11.6. The predicted molar refractivity (Wildman–Crippen MR) is 52.7 cm³/mol. The Labute approximate surface area is 86.2 Å². The van der Waals surface area contributed by atoms with Crippen LogP contribution in [0.3, 0.4) is 0 Å². The number of amides is 1. The van der Waals surface area contributed by atoms with Gasteiger partial charge in [-0.2, -0.15) is 4.68 Å². The molecule has 0 aliphatic heterocycles. The summed E-state index contributed by atoms with van der Waals surface area (Å²) in [6.07, 6.45) is 0. The minimum Gasteiger partial charge on any atom is -0.358 e. The molecular weight excluding hydrogens is 200 g/mol. The molecule has 1 heterocycles. The first kappa shape index (κ1) is 11.2. The minimum atomic E-state index is -0.620. The first-order valence-corrected chi connectivity index (χ1v) is 4.43. The summed E-state index contributed by atoms with van der Waals surface area (Å²) in [7, 11) is 1.46. The molecule has 1 aromatic rings. The Morgan fingerprint density at radius 3 is 2.67 bits per heavy atom. The van der Waals surface area contributed by atoms with Gasteiger partial charge in [-0.25, -0.2) is 0 Å². The van der Waals surface area contributed by atoms with Gasteiger partial charge in [0.2, 0.25) is 0 Å². The van der Waals surface area contributed by atoms with Crippen LogP contribution in [-0.2, 0) is 0 Å². The molecule has 0 unspecified atom stereocenters. The van der Waals surface area contributed by atoms with Crippen LogP contribution in [0.1, 0.15) is 30.4 Å². The Kier molecular flexibility index (Phi) is 3.03. The van der Waals surface area contributed by atoms with Crippen molar-refractivity contribution in [3.63, 3.8) is 0 Å². The summed E-state index contributed by atoms with van der Waals surface area (Å²) in [5, 5.41) is 16.6. The van der Waals surface area contributed by atoms with Crippen LogP contribution in [0.5, 0.6) is 0 Å². The van der Waals surface area contributed by atoms with Gasteiger partial charge in [0.05, 0.1) is 17.2 Å². The molecule has 0 bridgehead atoms. The number of nitrogens with zero attached hydrogens (tertiary/aromatic N) is 3. The van der Waals surface area contributed by atoms with Crippen LogP contribution in [0, 0.1) is 10.1 Å². The first-order chi connectivity index (χ1) is 6.97. The lowest BCUT2D eigenvalue weighted by atomic mass is 10.3. The molecular formula is C8H12N4O3. The van der Waals surface area contributed by atoms with Gasteiger partial charge in [0.1, 0.15) is 0 Å². The van der Waals surface area contributed by atoms with Crippen LogP contribution in [-0.4, -0.2) is 27.7 Å². The van der Waals surface area contributed by atoms with E-state index < -0.39 is 4.92 Å². The molecule has 7 nitrogen and oxygen atoms in total. The summed E-state index contributed by atoms with van der Waals surface area (Å²) >= 11 is 0. The van der Waals surface area contributed by atoms with Crippen molar-refractivity contribution in [2.24, 2.45) is 0 Å². The van der Waals surface area contributed by atoms with Crippen LogP contribution >= 0.6 is 0 Å². The summed E-state index contributed by atoms with van der Waals surface area (Å²) in [4.78, 5) is 21.3. The fourth-order valence-electron chi connectivity index (χ4n) is 1.16. The van der Waals surface area contributed by atoms with E-state index in [4.69, 9.17) is 0 Å². The SMILES string of the molecule is CNC(=O)c1cc([N+](=O)[O-])nn1C(C)C. The molecule has 0 radical (unpaired) electrons. The molecule has 0 aliphatic carbocycles. The van der Waals surface area contributed by atoms with Crippen molar-refractivity contribution < 1.29 is 9.72 Å². The molecule has 0 aliphatic rings. The number of hydrogen-bond acceptors (Lipinski definition) is 4. The van der Waals surface area contributed by atoms with Gasteiger partial charge in [0.15, 0.2) is 5.69 Å². The molecule has 0 saturated carbocycles. The Morgan fingerprint density at radius 2 is 2.27 bits per heavy atom. The van der Waals surface area contributed by atoms with Gasteiger partial charge >= 0.3 is 5.82 Å². The highest BCUT2D eigenvalue weighted by Crippen LogP contribution is 2.16. The summed E-state index contributed by atoms with van der Waals surface area (Å²) < 4.78 is 1.33. The molecule has 7 heteroatoms. The molecule has 0 aromatic carbocycles. The van der Waals surface area contributed by atoms with Gasteiger partial charge < -0.3 is 15.4 Å². The van der Waals surface area contributed by atoms with E-state index in [1.165, 1.54) is 17.8 Å². The van der Waals surface area contributed by atoms with E-state index >= 15 is 0 Å². The van der Waals surface area contributed by atoms with Crippen molar-refractivity contribution >= 4 is 11.7 Å². The van der Waals surface area contributed by atoms with Crippen molar-refractivity contribution in [3.8, 4) is 0 Å². The number of nitro groups is 1. The highest BCUT2D eigenvalue weighted by Gasteiger charge is 2.23. The third-order valence-corrected chi connectivity index (χ3v) is 1.86. The lowest BCUT2D eigenvalue weighted by Crippen LogP contribution is -2.22. The summed E-state index contributed by atoms with van der Waals surface area (Å²) in [6, 6.07) is 1.06. The van der Waals surface area contributed by atoms with E-state index in [2.05, 4.69) is 10.4 Å². The normalized spacial score (nSPS) is 10.4. The van der Waals surface area contributed by atoms with Gasteiger partial charge in [-0.3, -0.25) is 4.79 Å². The number of nitrogens with one attached hydrogen (secondary N) is 1. The van der Waals surface area contributed by atoms with Crippen LogP contribution in [0.25, 0.3) is 0 Å². The molecule has 0 atom stereocenters. The van der Waals surface area contributed by atoms with Crippen molar-refractivity contribution in [1.29, 1.82) is 0 Å². The Hall–Kier alpha value is -1.92. The molecule has 0 spiro atoms. The number of hydrogen-bond donors (Lipinski definition) is 1. The van der Waals surface area contributed by atoms with Crippen LogP contribution < -0.4 is 5.32 Å². The summed E-state index contributed by atoms with van der Waals surface area (Å²) in [5.41, 5.74) is 0.194. The number of aromatic nitrogens is 2. The van der Waals surface area contributed by atoms with E-state index in [9.17, 15) is 14.9 Å². The maximum absolute atomic E-state index is 11.4. The molecule has 1 amide bonds. The fourth-order valence-corrected chi connectivity index (χ4v) is 1.16. The smallest absolute Gasteiger partial charge is 0.358 e. The third kappa shape index (κ3) is 2.12. The summed E-state index contributed by atoms with van der Waals surface area (Å²) in [6.45, 7) is 3.59. The van der Waals surface area contributed by atoms with E-state index in [1.807, 2.05) is 0 Å². The second-order valence-electron chi connectivity index (χ2n) is 3.26. The lowest BCUT2D eigenvalue weighted by molar-refractivity contribution is -0.389. The Bertz CT molecular complexity index is 397. The largest absolute Gasteiger partial charge is 0.390 e. The quantitative estimate of drug-likeness (QED) is 0.590. The molecule has 15 heavy (non-hydrogen) atoms. The van der Waals surface area contributed by atoms with E-state index in [0.717, 1.165) is 0 Å². The zero-order valence-corrected chi connectivity index (χ0v) is 8.72. The minimum absolute atomic E-state index is 0.106. The summed E-state index contributed by atoms with van der Waals surface area (Å²) in [5.74, 6) is -0.702. The zero-order valence-electron chi connectivity index (χ0n) is 8.72. The average molecular weight is 212 g/mol. The van der Waals surface area contributed by atoms with E-state index in [0.29, 0.717) is 0 Å². The Balaban J connectivity index is 3.23. The monoisotopic (exact) mass is 212 g/mol. The van der Waals surface area contributed by atoms with Crippen molar-refractivity contribution in [3.05, 3.63) is 21.9 Å². The number of rotatable bonds is 3. The van der Waals surface area contributed by atoms with Gasteiger partial charge in [-0.1, -0.05) is 0 Å². The Morgan fingerprint density at radius 1 is 1.67 bits per heavy atom. The van der Waals surface area contributed by atoms with Crippen molar-refractivity contribution in [1.82, 2.24) is 15.1 Å². The maximum Gasteiger partial charge on any atom is 0.390 e. The molecule has 1 rings (SSSR count). The fraction of sp³-hybridized carbons (Fsp3) is 0.500. The first-order valence-electron chi connectivity index (χ1n) is 4.43.